The van der Waals surface area contributed by atoms with E-state index >= 15 is 0 Å². The molecule has 1 atom stereocenters. The summed E-state index contributed by atoms with van der Waals surface area (Å²) in [5.41, 5.74) is 2.30. The second-order valence-corrected chi connectivity index (χ2v) is 8.15. The van der Waals surface area contributed by atoms with Gasteiger partial charge < -0.3 is 24.4 Å². The molecule has 1 fully saturated rings. The minimum absolute atomic E-state index is 0.0571. The number of rotatable bonds is 5. The number of nitrogens with zero attached hydrogens (tertiary/aromatic N) is 1. The molecule has 0 bridgehead atoms. The van der Waals surface area contributed by atoms with E-state index in [2.05, 4.69) is 48.3 Å². The summed E-state index contributed by atoms with van der Waals surface area (Å²) in [6.45, 7) is 5.03. The Bertz CT molecular complexity index is 989. The number of anilines is 1. The molecule has 2 aromatic rings. The molecular formula is C24H28N2O4. The van der Waals surface area contributed by atoms with E-state index in [0.29, 0.717) is 30.2 Å². The Morgan fingerprint density at radius 1 is 1.03 bits per heavy atom. The lowest BCUT2D eigenvalue weighted by Crippen LogP contribution is -2.68. The Morgan fingerprint density at radius 3 is 2.33 bits per heavy atom. The molecular weight excluding hydrogens is 380 g/mol. The van der Waals surface area contributed by atoms with Crippen LogP contribution in [0.2, 0.25) is 0 Å². The highest BCUT2D eigenvalue weighted by Gasteiger charge is 2.57. The highest BCUT2D eigenvalue weighted by molar-refractivity contribution is 5.84. The van der Waals surface area contributed by atoms with E-state index in [-0.39, 0.29) is 11.3 Å². The molecule has 30 heavy (non-hydrogen) atoms. The van der Waals surface area contributed by atoms with Crippen LogP contribution in [0.1, 0.15) is 31.4 Å². The molecule has 0 spiro atoms. The van der Waals surface area contributed by atoms with Crippen molar-refractivity contribution >= 4 is 17.7 Å². The van der Waals surface area contributed by atoms with E-state index in [1.54, 1.807) is 21.3 Å². The molecule has 1 N–H and O–H groups in total. The monoisotopic (exact) mass is 408 g/mol. The second-order valence-electron chi connectivity index (χ2n) is 8.15. The van der Waals surface area contributed by atoms with E-state index in [0.717, 1.165) is 11.3 Å². The van der Waals surface area contributed by atoms with E-state index in [1.807, 2.05) is 24.3 Å². The number of amides is 1. The minimum atomic E-state index is -0.660. The van der Waals surface area contributed by atoms with Crippen LogP contribution in [0, 0.1) is 0 Å². The number of carbonyl (C=O) groups is 1. The number of hydrogen-bond acceptors (Lipinski definition) is 5. The van der Waals surface area contributed by atoms with Crippen LogP contribution in [0.5, 0.6) is 17.2 Å². The summed E-state index contributed by atoms with van der Waals surface area (Å²) in [4.78, 5) is 14.8. The van der Waals surface area contributed by atoms with Crippen molar-refractivity contribution in [3.8, 4) is 17.2 Å². The molecule has 6 nitrogen and oxygen atoms in total. The Morgan fingerprint density at radius 2 is 1.70 bits per heavy atom. The van der Waals surface area contributed by atoms with Gasteiger partial charge in [-0.1, -0.05) is 38.1 Å². The van der Waals surface area contributed by atoms with Gasteiger partial charge in [0, 0.05) is 24.1 Å². The largest absolute Gasteiger partial charge is 0.493 e. The molecule has 0 saturated carbocycles. The fraction of sp³-hybridized carbons (Fsp3) is 0.375. The van der Waals surface area contributed by atoms with E-state index < -0.39 is 5.66 Å². The summed E-state index contributed by atoms with van der Waals surface area (Å²) in [5, 5.41) is 3.29. The Kier molecular flexibility index (Phi) is 4.88. The van der Waals surface area contributed by atoms with Gasteiger partial charge in [-0.3, -0.25) is 4.79 Å². The zero-order valence-corrected chi connectivity index (χ0v) is 18.1. The van der Waals surface area contributed by atoms with Gasteiger partial charge in [-0.25, -0.2) is 0 Å². The molecule has 6 heteroatoms. The SMILES string of the molecule is COc1cc(/C=C/C23NC(=O)CCN2c2ccccc2C3(C)C)cc(OC)c1OC. The van der Waals surface area contributed by atoms with Crippen molar-refractivity contribution in [1.82, 2.24) is 5.32 Å². The van der Waals surface area contributed by atoms with Gasteiger partial charge in [-0.2, -0.15) is 0 Å². The van der Waals surface area contributed by atoms with Crippen molar-refractivity contribution < 1.29 is 19.0 Å². The maximum Gasteiger partial charge on any atom is 0.223 e. The van der Waals surface area contributed by atoms with Crippen LogP contribution >= 0.6 is 0 Å². The lowest BCUT2D eigenvalue weighted by molar-refractivity contribution is -0.124. The average Bonchev–Trinajstić information content (AvgIpc) is 2.95. The maximum atomic E-state index is 12.5. The Hall–Kier alpha value is -3.15. The Labute approximate surface area is 177 Å². The Balaban J connectivity index is 1.82. The van der Waals surface area contributed by atoms with Gasteiger partial charge >= 0.3 is 0 Å². The van der Waals surface area contributed by atoms with Gasteiger partial charge in [0.05, 0.1) is 21.3 Å². The average molecular weight is 408 g/mol. The number of ether oxygens (including phenoxy) is 3. The molecule has 2 aromatic carbocycles. The van der Waals surface area contributed by atoms with Crippen LogP contribution in [0.25, 0.3) is 6.08 Å². The summed E-state index contributed by atoms with van der Waals surface area (Å²) < 4.78 is 16.4. The lowest BCUT2D eigenvalue weighted by atomic mass is 9.74. The second kappa shape index (κ2) is 7.27. The van der Waals surface area contributed by atoms with E-state index in [4.69, 9.17) is 14.2 Å². The summed E-state index contributed by atoms with van der Waals surface area (Å²) >= 11 is 0. The molecule has 2 aliphatic rings. The molecule has 0 radical (unpaired) electrons. The smallest absolute Gasteiger partial charge is 0.223 e. The summed E-state index contributed by atoms with van der Waals surface area (Å²) in [6.07, 6.45) is 4.58. The quantitative estimate of drug-likeness (QED) is 0.817. The predicted molar refractivity (Wildman–Crippen MR) is 117 cm³/mol. The highest BCUT2D eigenvalue weighted by Crippen LogP contribution is 2.52. The number of hydrogen-bond donors (Lipinski definition) is 1. The first-order valence-electron chi connectivity index (χ1n) is 10.1. The third-order valence-corrected chi connectivity index (χ3v) is 6.34. The number of methoxy groups -OCH3 is 3. The van der Waals surface area contributed by atoms with Crippen LogP contribution in [-0.2, 0) is 10.2 Å². The first kappa shape index (κ1) is 20.1. The zero-order chi connectivity index (χ0) is 21.5. The predicted octanol–water partition coefficient (Wildman–Crippen LogP) is 3.74. The first-order valence-corrected chi connectivity index (χ1v) is 10.1. The van der Waals surface area contributed by atoms with E-state index in [9.17, 15) is 4.79 Å². The first-order chi connectivity index (χ1) is 14.4. The van der Waals surface area contributed by atoms with Crippen LogP contribution in [0.15, 0.2) is 42.5 Å². The van der Waals surface area contributed by atoms with Crippen molar-refractivity contribution in [3.05, 3.63) is 53.6 Å². The molecule has 1 unspecified atom stereocenters. The van der Waals surface area contributed by atoms with Gasteiger partial charge in [-0.05, 0) is 35.4 Å². The highest BCUT2D eigenvalue weighted by atomic mass is 16.5. The molecule has 1 saturated heterocycles. The van der Waals surface area contributed by atoms with Gasteiger partial charge in [-0.15, -0.1) is 0 Å². The van der Waals surface area contributed by atoms with Gasteiger partial charge in [0.25, 0.3) is 0 Å². The van der Waals surface area contributed by atoms with Crippen molar-refractivity contribution in [2.75, 3.05) is 32.8 Å². The van der Waals surface area contributed by atoms with Crippen LogP contribution < -0.4 is 24.4 Å². The standard InChI is InChI=1S/C24H28N2O4/c1-23(2)17-8-6-7-9-18(17)26-13-11-21(27)25-24(23,26)12-10-16-14-19(28-3)22(30-5)20(15-16)29-4/h6-10,12,14-15H,11,13H2,1-5H3,(H,25,27)/b12-10+. The molecule has 0 aromatic heterocycles. The van der Waals surface area contributed by atoms with Crippen molar-refractivity contribution in [3.63, 3.8) is 0 Å². The zero-order valence-electron chi connectivity index (χ0n) is 18.1. The van der Waals surface area contributed by atoms with E-state index in [1.165, 1.54) is 5.56 Å². The fourth-order valence-corrected chi connectivity index (χ4v) is 4.73. The minimum Gasteiger partial charge on any atom is -0.493 e. The summed E-state index contributed by atoms with van der Waals surface area (Å²) in [5.74, 6) is 1.79. The van der Waals surface area contributed by atoms with Crippen LogP contribution in [0.3, 0.4) is 0 Å². The normalized spacial score (nSPS) is 21.8. The van der Waals surface area contributed by atoms with Crippen LogP contribution in [0.4, 0.5) is 5.69 Å². The van der Waals surface area contributed by atoms with Crippen LogP contribution in [-0.4, -0.2) is 39.4 Å². The number of fused-ring (bicyclic) bond motifs is 3. The lowest BCUT2D eigenvalue weighted by Gasteiger charge is -2.49. The molecule has 158 valence electrons. The molecule has 2 aliphatic heterocycles. The number of benzene rings is 2. The summed E-state index contributed by atoms with van der Waals surface area (Å²) in [6, 6.07) is 12.2. The molecule has 4 rings (SSSR count). The third-order valence-electron chi connectivity index (χ3n) is 6.34. The van der Waals surface area contributed by atoms with Crippen molar-refractivity contribution in [1.29, 1.82) is 0 Å². The van der Waals surface area contributed by atoms with Crippen molar-refractivity contribution in [2.45, 2.75) is 31.3 Å². The number of para-hydroxylation sites is 1. The molecule has 0 aliphatic carbocycles. The maximum absolute atomic E-state index is 12.5. The third kappa shape index (κ3) is 2.82. The number of nitrogens with one attached hydrogen (secondary N) is 1. The summed E-state index contributed by atoms with van der Waals surface area (Å²) in [7, 11) is 4.79. The van der Waals surface area contributed by atoms with Gasteiger partial charge in [0.1, 0.15) is 5.66 Å². The van der Waals surface area contributed by atoms with Gasteiger partial charge in [0.15, 0.2) is 11.5 Å². The molecule has 2 heterocycles. The fourth-order valence-electron chi connectivity index (χ4n) is 4.73. The van der Waals surface area contributed by atoms with Gasteiger partial charge in [0.2, 0.25) is 11.7 Å². The number of carbonyl (C=O) groups excluding carboxylic acids is 1. The molecule has 1 amide bonds. The van der Waals surface area contributed by atoms with Crippen molar-refractivity contribution in [2.24, 2.45) is 0 Å². The topological polar surface area (TPSA) is 60.0 Å².